The molecule has 0 saturated carbocycles. The van der Waals surface area contributed by atoms with E-state index < -0.39 is 10.0 Å². The van der Waals surface area contributed by atoms with Crippen LogP contribution in [-0.4, -0.2) is 15.0 Å². The first-order chi connectivity index (χ1) is 4.62. The lowest BCUT2D eigenvalue weighted by Gasteiger charge is -1.95. The normalized spacial score (nSPS) is 12.6. The Morgan fingerprint density at radius 3 is 2.40 bits per heavy atom. The van der Waals surface area contributed by atoms with E-state index in [1.165, 1.54) is 5.41 Å². The maximum Gasteiger partial charge on any atom is 0.233 e. The quantitative estimate of drug-likeness (QED) is 0.667. The highest BCUT2D eigenvalue weighted by molar-refractivity contribution is 7.92. The summed E-state index contributed by atoms with van der Waals surface area (Å²) in [6, 6.07) is 0. The van der Waals surface area contributed by atoms with E-state index in [9.17, 15) is 8.42 Å². The molecular formula is C6H13NO2S. The van der Waals surface area contributed by atoms with Crippen molar-refractivity contribution in [2.24, 2.45) is 0 Å². The van der Waals surface area contributed by atoms with Crippen LogP contribution in [-0.2, 0) is 10.0 Å². The third-order valence-corrected chi connectivity index (χ3v) is 2.10. The molecule has 0 radical (unpaired) electrons. The van der Waals surface area contributed by atoms with Crippen LogP contribution in [0.3, 0.4) is 0 Å². The van der Waals surface area contributed by atoms with Crippen molar-refractivity contribution >= 4 is 10.0 Å². The molecule has 0 rings (SSSR count). The summed E-state index contributed by atoms with van der Waals surface area (Å²) in [4.78, 5) is 0. The first kappa shape index (κ1) is 9.65. The predicted molar refractivity (Wildman–Crippen MR) is 42.0 cm³/mol. The molecule has 0 unspecified atom stereocenters. The molecule has 0 aromatic rings. The highest BCUT2D eigenvalue weighted by Crippen LogP contribution is 1.87. The molecule has 60 valence electrons. The van der Waals surface area contributed by atoms with E-state index in [1.807, 2.05) is 6.92 Å². The van der Waals surface area contributed by atoms with Gasteiger partial charge in [-0.3, -0.25) is 0 Å². The second-order valence-corrected chi connectivity index (χ2v) is 3.47. The largest absolute Gasteiger partial charge is 0.233 e. The number of hydrogen-bond donors (Lipinski definition) is 1. The fourth-order valence-corrected chi connectivity index (χ4v) is 1.42. The second-order valence-electron chi connectivity index (χ2n) is 1.82. The third-order valence-electron chi connectivity index (χ3n) is 0.857. The molecule has 0 saturated heterocycles. The summed E-state index contributed by atoms with van der Waals surface area (Å²) < 4.78 is 23.9. The summed E-state index contributed by atoms with van der Waals surface area (Å²) in [5.74, 6) is 0. The molecule has 0 spiro atoms. The standard InChI is InChI=1S/C6H13NO2S/c1-3-5-6-10(8,9)7-4-2/h5-7H,3-4H2,1-2H3. The van der Waals surface area contributed by atoms with Gasteiger partial charge in [-0.15, -0.1) is 0 Å². The Labute approximate surface area is 62.2 Å². The number of nitrogens with one attached hydrogen (secondary N) is 1. The lowest BCUT2D eigenvalue weighted by atomic mass is 10.5. The maximum absolute atomic E-state index is 10.8. The molecule has 0 atom stereocenters. The lowest BCUT2D eigenvalue weighted by Crippen LogP contribution is -2.20. The summed E-state index contributed by atoms with van der Waals surface area (Å²) in [5, 5.41) is 1.19. The molecule has 3 nitrogen and oxygen atoms in total. The van der Waals surface area contributed by atoms with Gasteiger partial charge in [0, 0.05) is 12.0 Å². The average molecular weight is 163 g/mol. The first-order valence-corrected chi connectivity index (χ1v) is 4.83. The Balaban J connectivity index is 4.01. The predicted octanol–water partition coefficient (Wildman–Crippen LogP) is 0.849. The van der Waals surface area contributed by atoms with Gasteiger partial charge >= 0.3 is 0 Å². The van der Waals surface area contributed by atoms with Crippen LogP contribution >= 0.6 is 0 Å². The van der Waals surface area contributed by atoms with Gasteiger partial charge in [0.25, 0.3) is 0 Å². The van der Waals surface area contributed by atoms with E-state index in [2.05, 4.69) is 4.72 Å². The highest BCUT2D eigenvalue weighted by atomic mass is 32.2. The minimum absolute atomic E-state index is 0.441. The molecule has 0 aliphatic rings. The summed E-state index contributed by atoms with van der Waals surface area (Å²) >= 11 is 0. The van der Waals surface area contributed by atoms with Crippen LogP contribution in [0.4, 0.5) is 0 Å². The van der Waals surface area contributed by atoms with Gasteiger partial charge in [0.2, 0.25) is 10.0 Å². The molecule has 0 fully saturated rings. The Morgan fingerprint density at radius 2 is 2.00 bits per heavy atom. The number of hydrogen-bond acceptors (Lipinski definition) is 2. The van der Waals surface area contributed by atoms with Gasteiger partial charge in [-0.1, -0.05) is 19.9 Å². The Bertz CT molecular complexity index is 194. The molecule has 0 amide bonds. The van der Waals surface area contributed by atoms with Gasteiger partial charge in [-0.25, -0.2) is 13.1 Å². The van der Waals surface area contributed by atoms with Crippen LogP contribution in [0.25, 0.3) is 0 Å². The number of rotatable bonds is 4. The van der Waals surface area contributed by atoms with Crippen LogP contribution in [0.1, 0.15) is 20.3 Å². The van der Waals surface area contributed by atoms with Crippen molar-refractivity contribution < 1.29 is 8.42 Å². The van der Waals surface area contributed by atoms with Gasteiger partial charge in [0.05, 0.1) is 0 Å². The van der Waals surface area contributed by atoms with E-state index in [4.69, 9.17) is 0 Å². The molecular weight excluding hydrogens is 150 g/mol. The smallest absolute Gasteiger partial charge is 0.212 e. The minimum Gasteiger partial charge on any atom is -0.212 e. The highest BCUT2D eigenvalue weighted by Gasteiger charge is 1.99. The summed E-state index contributed by atoms with van der Waals surface area (Å²) in [6.07, 6.45) is 2.35. The Hall–Kier alpha value is -0.350. The lowest BCUT2D eigenvalue weighted by molar-refractivity contribution is 0.593. The molecule has 10 heavy (non-hydrogen) atoms. The molecule has 0 aliphatic heterocycles. The topological polar surface area (TPSA) is 46.2 Å². The maximum atomic E-state index is 10.8. The zero-order chi connectivity index (χ0) is 8.04. The van der Waals surface area contributed by atoms with Crippen molar-refractivity contribution in [3.05, 3.63) is 11.5 Å². The van der Waals surface area contributed by atoms with Crippen LogP contribution in [0.15, 0.2) is 11.5 Å². The monoisotopic (exact) mass is 163 g/mol. The van der Waals surface area contributed by atoms with Gasteiger partial charge < -0.3 is 0 Å². The van der Waals surface area contributed by atoms with Crippen molar-refractivity contribution in [1.82, 2.24) is 4.72 Å². The number of allylic oxidation sites excluding steroid dienone is 1. The number of sulfonamides is 1. The van der Waals surface area contributed by atoms with E-state index in [0.29, 0.717) is 6.54 Å². The zero-order valence-electron chi connectivity index (χ0n) is 6.29. The summed E-state index contributed by atoms with van der Waals surface area (Å²) in [7, 11) is -3.12. The van der Waals surface area contributed by atoms with E-state index in [0.717, 1.165) is 6.42 Å². The molecule has 1 N–H and O–H groups in total. The van der Waals surface area contributed by atoms with Gasteiger partial charge in [-0.05, 0) is 6.42 Å². The Morgan fingerprint density at radius 1 is 1.40 bits per heavy atom. The molecule has 0 aromatic carbocycles. The molecule has 0 aliphatic carbocycles. The minimum atomic E-state index is -3.12. The van der Waals surface area contributed by atoms with Crippen molar-refractivity contribution in [2.75, 3.05) is 6.54 Å². The van der Waals surface area contributed by atoms with Crippen molar-refractivity contribution in [3.8, 4) is 0 Å². The van der Waals surface area contributed by atoms with E-state index in [-0.39, 0.29) is 0 Å². The first-order valence-electron chi connectivity index (χ1n) is 3.28. The van der Waals surface area contributed by atoms with Crippen molar-refractivity contribution in [2.45, 2.75) is 20.3 Å². The molecule has 0 bridgehead atoms. The van der Waals surface area contributed by atoms with Crippen molar-refractivity contribution in [3.63, 3.8) is 0 Å². The van der Waals surface area contributed by atoms with E-state index >= 15 is 0 Å². The van der Waals surface area contributed by atoms with Crippen LogP contribution in [0, 0.1) is 0 Å². The zero-order valence-corrected chi connectivity index (χ0v) is 7.11. The summed E-state index contributed by atoms with van der Waals surface area (Å²) in [6.45, 7) is 4.08. The van der Waals surface area contributed by atoms with Crippen LogP contribution in [0.2, 0.25) is 0 Å². The van der Waals surface area contributed by atoms with Gasteiger partial charge in [0.15, 0.2) is 0 Å². The molecule has 4 heteroatoms. The SMILES string of the molecule is CCC=CS(=O)(=O)NCC. The fraction of sp³-hybridized carbons (Fsp3) is 0.667. The van der Waals surface area contributed by atoms with Gasteiger partial charge in [-0.2, -0.15) is 0 Å². The molecule has 0 aromatic heterocycles. The fourth-order valence-electron chi connectivity index (χ4n) is 0.472. The molecule has 0 heterocycles. The average Bonchev–Trinajstić information content (AvgIpc) is 1.84. The van der Waals surface area contributed by atoms with Gasteiger partial charge in [0.1, 0.15) is 0 Å². The van der Waals surface area contributed by atoms with Crippen LogP contribution in [0.5, 0.6) is 0 Å². The van der Waals surface area contributed by atoms with Crippen molar-refractivity contribution in [1.29, 1.82) is 0 Å². The third kappa shape index (κ3) is 4.52. The second kappa shape index (κ2) is 4.46. The van der Waals surface area contributed by atoms with E-state index in [1.54, 1.807) is 13.0 Å². The Kier molecular flexibility index (Phi) is 4.31. The summed E-state index contributed by atoms with van der Waals surface area (Å²) in [5.41, 5.74) is 0. The van der Waals surface area contributed by atoms with Crippen LogP contribution < -0.4 is 4.72 Å².